The molecule has 1 aromatic heterocycles. The lowest BCUT2D eigenvalue weighted by atomic mass is 10.2. The smallest absolute Gasteiger partial charge is 0.251 e. The molecular weight excluding hydrogens is 427 g/mol. The van der Waals surface area contributed by atoms with Crippen molar-refractivity contribution in [2.45, 2.75) is 0 Å². The van der Waals surface area contributed by atoms with Gasteiger partial charge in [0.1, 0.15) is 17.3 Å². The molecule has 0 bridgehead atoms. The lowest BCUT2D eigenvalue weighted by Gasteiger charge is -2.10. The molecule has 0 saturated carbocycles. The fraction of sp³-hybridized carbons (Fsp3) is 0.0952. The van der Waals surface area contributed by atoms with Gasteiger partial charge in [-0.3, -0.25) is 9.59 Å². The Morgan fingerprint density at radius 1 is 0.933 bits per heavy atom. The molecule has 0 fully saturated rings. The zero-order valence-corrected chi connectivity index (χ0v) is 17.2. The maximum atomic E-state index is 12.3. The molecule has 7 nitrogen and oxygen atoms in total. The van der Waals surface area contributed by atoms with Crippen molar-refractivity contribution in [3.63, 3.8) is 0 Å². The number of rotatable bonds is 8. The number of primary amides is 1. The van der Waals surface area contributed by atoms with Gasteiger partial charge in [-0.2, -0.15) is 0 Å². The summed E-state index contributed by atoms with van der Waals surface area (Å²) in [6, 6.07) is 14.7. The molecule has 3 aromatic rings. The van der Waals surface area contributed by atoms with Crippen molar-refractivity contribution in [3.05, 3.63) is 82.0 Å². The number of pyridine rings is 1. The highest BCUT2D eigenvalue weighted by Crippen LogP contribution is 2.23. The van der Waals surface area contributed by atoms with E-state index in [2.05, 4.69) is 15.6 Å². The predicted molar refractivity (Wildman–Crippen MR) is 117 cm³/mol. The SMILES string of the molecule is NC(=O)c1ccc(Oc2ccc(C(=O)NCCNc3ncc(Cl)cc3Cl)cc2)cc1. The Balaban J connectivity index is 1.48. The summed E-state index contributed by atoms with van der Waals surface area (Å²) in [6.45, 7) is 0.826. The van der Waals surface area contributed by atoms with Gasteiger partial charge in [-0.25, -0.2) is 4.98 Å². The number of halogens is 2. The first-order valence-electron chi connectivity index (χ1n) is 8.93. The molecule has 2 aromatic carbocycles. The molecule has 0 atom stereocenters. The molecule has 4 N–H and O–H groups in total. The average molecular weight is 445 g/mol. The quantitative estimate of drug-likeness (QED) is 0.453. The van der Waals surface area contributed by atoms with E-state index in [1.54, 1.807) is 54.6 Å². The molecular formula is C21H18Cl2N4O3. The van der Waals surface area contributed by atoms with Gasteiger partial charge in [0, 0.05) is 30.4 Å². The van der Waals surface area contributed by atoms with Crippen LogP contribution in [0, 0.1) is 0 Å². The van der Waals surface area contributed by atoms with Crippen LogP contribution in [-0.2, 0) is 0 Å². The Morgan fingerprint density at radius 3 is 2.10 bits per heavy atom. The molecule has 0 aliphatic rings. The minimum absolute atomic E-state index is 0.218. The summed E-state index contributed by atoms with van der Waals surface area (Å²) in [5, 5.41) is 6.70. The summed E-state index contributed by atoms with van der Waals surface area (Å²) in [6.07, 6.45) is 1.49. The molecule has 2 amide bonds. The highest BCUT2D eigenvalue weighted by molar-refractivity contribution is 6.35. The lowest BCUT2D eigenvalue weighted by Crippen LogP contribution is -2.28. The van der Waals surface area contributed by atoms with Crippen molar-refractivity contribution in [1.29, 1.82) is 0 Å². The number of nitrogens with one attached hydrogen (secondary N) is 2. The van der Waals surface area contributed by atoms with Crippen molar-refractivity contribution in [2.24, 2.45) is 5.73 Å². The van der Waals surface area contributed by atoms with Crippen LogP contribution >= 0.6 is 23.2 Å². The summed E-state index contributed by atoms with van der Waals surface area (Å²) >= 11 is 11.8. The van der Waals surface area contributed by atoms with Crippen LogP contribution in [0.1, 0.15) is 20.7 Å². The van der Waals surface area contributed by atoms with Crippen LogP contribution in [0.5, 0.6) is 11.5 Å². The molecule has 0 aliphatic heterocycles. The van der Waals surface area contributed by atoms with Gasteiger partial charge >= 0.3 is 0 Å². The van der Waals surface area contributed by atoms with Gasteiger partial charge in [0.2, 0.25) is 5.91 Å². The number of hydrogen-bond acceptors (Lipinski definition) is 5. The second-order valence-corrected chi connectivity index (χ2v) is 7.03. The molecule has 0 radical (unpaired) electrons. The minimum Gasteiger partial charge on any atom is -0.457 e. The van der Waals surface area contributed by atoms with E-state index >= 15 is 0 Å². The molecule has 0 spiro atoms. The Morgan fingerprint density at radius 2 is 1.53 bits per heavy atom. The summed E-state index contributed by atoms with van der Waals surface area (Å²) in [5.74, 6) is 0.894. The third kappa shape index (κ3) is 5.85. The van der Waals surface area contributed by atoms with Crippen molar-refractivity contribution < 1.29 is 14.3 Å². The van der Waals surface area contributed by atoms with Crippen molar-refractivity contribution in [3.8, 4) is 11.5 Å². The molecule has 9 heteroatoms. The van der Waals surface area contributed by atoms with E-state index in [0.717, 1.165) is 0 Å². The number of carbonyl (C=O) groups is 2. The van der Waals surface area contributed by atoms with E-state index in [0.29, 0.717) is 51.6 Å². The van der Waals surface area contributed by atoms with E-state index in [9.17, 15) is 9.59 Å². The van der Waals surface area contributed by atoms with Crippen molar-refractivity contribution in [2.75, 3.05) is 18.4 Å². The Kier molecular flexibility index (Phi) is 7.11. The number of aromatic nitrogens is 1. The lowest BCUT2D eigenvalue weighted by molar-refractivity contribution is 0.0953. The molecule has 154 valence electrons. The van der Waals surface area contributed by atoms with Crippen LogP contribution in [0.25, 0.3) is 0 Å². The fourth-order valence-electron chi connectivity index (χ4n) is 2.50. The largest absolute Gasteiger partial charge is 0.457 e. The molecule has 30 heavy (non-hydrogen) atoms. The number of amides is 2. The first-order valence-corrected chi connectivity index (χ1v) is 9.69. The van der Waals surface area contributed by atoms with Gasteiger partial charge in [0.05, 0.1) is 10.0 Å². The average Bonchev–Trinajstić information content (AvgIpc) is 2.73. The first kappa shape index (κ1) is 21.4. The number of nitrogens with zero attached hydrogens (tertiary/aromatic N) is 1. The van der Waals surface area contributed by atoms with E-state index in [4.69, 9.17) is 33.7 Å². The van der Waals surface area contributed by atoms with Crippen LogP contribution in [0.2, 0.25) is 10.0 Å². The molecule has 0 saturated heterocycles. The van der Waals surface area contributed by atoms with Crippen molar-refractivity contribution >= 4 is 40.8 Å². The molecule has 0 unspecified atom stereocenters. The summed E-state index contributed by atoms with van der Waals surface area (Å²) in [5.41, 5.74) is 6.11. The predicted octanol–water partition coefficient (Wildman–Crippen LogP) is 4.12. The number of anilines is 1. The normalized spacial score (nSPS) is 10.3. The third-order valence-electron chi connectivity index (χ3n) is 4.00. The second-order valence-electron chi connectivity index (χ2n) is 6.18. The molecule has 1 heterocycles. The van der Waals surface area contributed by atoms with Crippen LogP contribution in [0.3, 0.4) is 0 Å². The standard InChI is InChI=1S/C21H18Cl2N4O3/c22-15-11-18(23)20(27-12-15)25-9-10-26-21(29)14-3-7-17(8-4-14)30-16-5-1-13(2-6-16)19(24)28/h1-8,11-12H,9-10H2,(H2,24,28)(H,25,27)(H,26,29). The zero-order chi connectivity index (χ0) is 21.5. The number of ether oxygens (including phenoxy) is 1. The number of nitrogens with two attached hydrogens (primary N) is 1. The Bertz CT molecular complexity index is 1040. The summed E-state index contributed by atoms with van der Waals surface area (Å²) < 4.78 is 5.69. The van der Waals surface area contributed by atoms with E-state index in [1.165, 1.54) is 6.20 Å². The summed E-state index contributed by atoms with van der Waals surface area (Å²) in [7, 11) is 0. The second kappa shape index (κ2) is 9.96. The van der Waals surface area contributed by atoms with Gasteiger partial charge in [0.15, 0.2) is 0 Å². The first-order chi connectivity index (χ1) is 14.4. The highest BCUT2D eigenvalue weighted by Gasteiger charge is 2.07. The number of carbonyl (C=O) groups excluding carboxylic acids is 2. The third-order valence-corrected chi connectivity index (χ3v) is 4.50. The van der Waals surface area contributed by atoms with Crippen LogP contribution in [-0.4, -0.2) is 29.9 Å². The number of benzene rings is 2. The Hall–Kier alpha value is -3.29. The van der Waals surface area contributed by atoms with Gasteiger partial charge < -0.3 is 21.1 Å². The van der Waals surface area contributed by atoms with Crippen LogP contribution < -0.4 is 21.1 Å². The minimum atomic E-state index is -0.500. The number of hydrogen-bond donors (Lipinski definition) is 3. The fourth-order valence-corrected chi connectivity index (χ4v) is 2.95. The monoisotopic (exact) mass is 444 g/mol. The van der Waals surface area contributed by atoms with Crippen molar-refractivity contribution in [1.82, 2.24) is 10.3 Å². The topological polar surface area (TPSA) is 106 Å². The Labute approximate surface area is 183 Å². The van der Waals surface area contributed by atoms with Gasteiger partial charge in [-0.15, -0.1) is 0 Å². The van der Waals surface area contributed by atoms with Gasteiger partial charge in [0.25, 0.3) is 5.91 Å². The molecule has 3 rings (SSSR count). The zero-order valence-electron chi connectivity index (χ0n) is 15.7. The maximum Gasteiger partial charge on any atom is 0.251 e. The van der Waals surface area contributed by atoms with E-state index in [-0.39, 0.29) is 5.91 Å². The highest BCUT2D eigenvalue weighted by atomic mass is 35.5. The molecule has 0 aliphatic carbocycles. The van der Waals surface area contributed by atoms with Gasteiger partial charge in [-0.05, 0) is 54.6 Å². The summed E-state index contributed by atoms with van der Waals surface area (Å²) in [4.78, 5) is 27.4. The van der Waals surface area contributed by atoms with Crippen LogP contribution in [0.15, 0.2) is 60.8 Å². The van der Waals surface area contributed by atoms with E-state index in [1.807, 2.05) is 0 Å². The van der Waals surface area contributed by atoms with Crippen LogP contribution in [0.4, 0.5) is 5.82 Å². The van der Waals surface area contributed by atoms with Gasteiger partial charge in [-0.1, -0.05) is 23.2 Å². The van der Waals surface area contributed by atoms with E-state index < -0.39 is 5.91 Å². The maximum absolute atomic E-state index is 12.3.